The lowest BCUT2D eigenvalue weighted by atomic mass is 10.1. The van der Waals surface area contributed by atoms with Gasteiger partial charge >= 0.3 is 6.18 Å². The topological polar surface area (TPSA) is 43.4 Å². The van der Waals surface area contributed by atoms with E-state index < -0.39 is 22.9 Å². The zero-order valence-electron chi connectivity index (χ0n) is 11.3. The maximum absolute atomic E-state index is 11.8. The van der Waals surface area contributed by atoms with Crippen molar-refractivity contribution in [2.24, 2.45) is 0 Å². The second-order valence-corrected chi connectivity index (χ2v) is 6.37. The van der Waals surface area contributed by atoms with Crippen LogP contribution in [0.3, 0.4) is 0 Å². The molecule has 0 N–H and O–H groups in total. The van der Waals surface area contributed by atoms with Gasteiger partial charge in [-0.3, -0.25) is 4.18 Å². The minimum absolute atomic E-state index is 0.335. The molecule has 0 saturated carbocycles. The van der Waals surface area contributed by atoms with Gasteiger partial charge < -0.3 is 0 Å². The molecule has 0 saturated heterocycles. The summed E-state index contributed by atoms with van der Waals surface area (Å²) < 4.78 is 61.5. The molecule has 0 aliphatic rings. The van der Waals surface area contributed by atoms with E-state index in [1.54, 1.807) is 0 Å². The highest BCUT2D eigenvalue weighted by Gasteiger charge is 2.30. The smallest absolute Gasteiger partial charge is 0.261 e. The third-order valence-electron chi connectivity index (χ3n) is 2.65. The molecule has 7 heteroatoms. The third-order valence-corrected chi connectivity index (χ3v) is 3.92. The fourth-order valence-electron chi connectivity index (χ4n) is 1.63. The molecule has 116 valence electrons. The molecule has 0 rings (SSSR count). The summed E-state index contributed by atoms with van der Waals surface area (Å²) in [6.45, 7) is 0.401. The summed E-state index contributed by atoms with van der Waals surface area (Å²) in [6, 6.07) is 0. The molecule has 0 heterocycles. The Bertz CT molecular complexity index is 313. The largest absolute Gasteiger partial charge is 0.413 e. The molecule has 0 aliphatic heterocycles. The van der Waals surface area contributed by atoms with Crippen LogP contribution in [0.2, 0.25) is 0 Å². The van der Waals surface area contributed by atoms with Crippen LogP contribution in [0.5, 0.6) is 0 Å². The van der Waals surface area contributed by atoms with Crippen LogP contribution >= 0.6 is 0 Å². The summed E-state index contributed by atoms with van der Waals surface area (Å²) in [6.07, 6.45) is 3.12. The van der Waals surface area contributed by atoms with Gasteiger partial charge in [0.1, 0.15) is 0 Å². The number of hydrogen-bond acceptors (Lipinski definition) is 3. The van der Waals surface area contributed by atoms with E-state index in [0.29, 0.717) is 12.8 Å². The van der Waals surface area contributed by atoms with Crippen molar-refractivity contribution in [3.05, 3.63) is 0 Å². The van der Waals surface area contributed by atoms with Crippen molar-refractivity contribution >= 4 is 10.1 Å². The lowest BCUT2D eigenvalue weighted by Gasteiger charge is -2.08. The van der Waals surface area contributed by atoms with Crippen LogP contribution < -0.4 is 0 Å². The average Bonchev–Trinajstić information content (AvgIpc) is 2.29. The van der Waals surface area contributed by atoms with Gasteiger partial charge in [-0.05, 0) is 6.42 Å². The molecule has 0 amide bonds. The lowest BCUT2D eigenvalue weighted by molar-refractivity contribution is -0.152. The molecule has 0 radical (unpaired) electrons. The molecule has 19 heavy (non-hydrogen) atoms. The molecule has 0 spiro atoms. The highest BCUT2D eigenvalue weighted by molar-refractivity contribution is 7.86. The minimum Gasteiger partial charge on any atom is -0.261 e. The Hall–Kier alpha value is -0.300. The lowest BCUT2D eigenvalue weighted by Crippen LogP contribution is -2.22. The van der Waals surface area contributed by atoms with Gasteiger partial charge in [-0.15, -0.1) is 0 Å². The van der Waals surface area contributed by atoms with E-state index >= 15 is 0 Å². The molecule has 0 unspecified atom stereocenters. The molecule has 0 aromatic carbocycles. The summed E-state index contributed by atoms with van der Waals surface area (Å²) in [4.78, 5) is 0. The summed E-state index contributed by atoms with van der Waals surface area (Å²) in [7, 11) is -4.04. The van der Waals surface area contributed by atoms with E-state index in [9.17, 15) is 21.6 Å². The van der Waals surface area contributed by atoms with Gasteiger partial charge in [0.2, 0.25) is 0 Å². The summed E-state index contributed by atoms with van der Waals surface area (Å²) in [5.41, 5.74) is 0. The van der Waals surface area contributed by atoms with Crippen LogP contribution in [-0.4, -0.2) is 27.0 Å². The van der Waals surface area contributed by atoms with Gasteiger partial charge in [-0.1, -0.05) is 51.9 Å². The summed E-state index contributed by atoms with van der Waals surface area (Å²) in [5.74, 6) is -0.335. The van der Waals surface area contributed by atoms with E-state index in [1.807, 2.05) is 0 Å². The first kappa shape index (κ1) is 18.7. The summed E-state index contributed by atoms with van der Waals surface area (Å²) in [5, 5.41) is 0. The van der Waals surface area contributed by atoms with E-state index in [0.717, 1.165) is 19.3 Å². The normalized spacial score (nSPS) is 12.8. The molecule has 3 nitrogen and oxygen atoms in total. The van der Waals surface area contributed by atoms with Crippen molar-refractivity contribution in [1.82, 2.24) is 0 Å². The highest BCUT2D eigenvalue weighted by Crippen LogP contribution is 2.16. The number of rotatable bonds is 11. The van der Waals surface area contributed by atoms with Crippen molar-refractivity contribution in [1.29, 1.82) is 0 Å². The van der Waals surface area contributed by atoms with E-state index in [-0.39, 0.29) is 5.75 Å². The van der Waals surface area contributed by atoms with Gasteiger partial charge in [0, 0.05) is 0 Å². The van der Waals surface area contributed by atoms with Crippen LogP contribution in [0.1, 0.15) is 58.3 Å². The SMILES string of the molecule is CCCCCCCCCCS(=O)(=O)OCC(F)(F)F. The zero-order valence-corrected chi connectivity index (χ0v) is 12.2. The Morgan fingerprint density at radius 2 is 1.37 bits per heavy atom. The predicted octanol–water partition coefficient (Wildman–Crippen LogP) is 4.04. The van der Waals surface area contributed by atoms with E-state index in [4.69, 9.17) is 0 Å². The van der Waals surface area contributed by atoms with Crippen molar-refractivity contribution in [2.75, 3.05) is 12.4 Å². The molecular formula is C12H23F3O3S. The zero-order chi connectivity index (χ0) is 14.8. The standard InChI is InChI=1S/C12H23F3O3S/c1-2-3-4-5-6-7-8-9-10-19(16,17)18-11-12(13,14)15/h2-11H2,1H3. The predicted molar refractivity (Wildman–Crippen MR) is 68.4 cm³/mol. The highest BCUT2D eigenvalue weighted by atomic mass is 32.2. The Kier molecular flexibility index (Phi) is 9.43. The van der Waals surface area contributed by atoms with Crippen LogP contribution in [-0.2, 0) is 14.3 Å². The fraction of sp³-hybridized carbons (Fsp3) is 1.00. The number of hydrogen-bond donors (Lipinski definition) is 0. The molecule has 0 aromatic heterocycles. The Morgan fingerprint density at radius 1 is 0.895 bits per heavy atom. The monoisotopic (exact) mass is 304 g/mol. The number of halogens is 3. The minimum atomic E-state index is -4.60. The number of alkyl halides is 3. The molecule has 0 atom stereocenters. The first-order chi connectivity index (χ1) is 8.77. The van der Waals surface area contributed by atoms with Crippen LogP contribution in [0.25, 0.3) is 0 Å². The quantitative estimate of drug-likeness (QED) is 0.427. The van der Waals surface area contributed by atoms with Crippen LogP contribution in [0.15, 0.2) is 0 Å². The molecule has 0 fully saturated rings. The molecular weight excluding hydrogens is 281 g/mol. The van der Waals surface area contributed by atoms with Crippen molar-refractivity contribution < 1.29 is 25.8 Å². The Labute approximate surface area is 113 Å². The molecule has 0 aliphatic carbocycles. The first-order valence-corrected chi connectivity index (χ1v) is 8.28. The van der Waals surface area contributed by atoms with E-state index in [1.165, 1.54) is 19.3 Å². The van der Waals surface area contributed by atoms with Gasteiger partial charge in [0.15, 0.2) is 6.61 Å². The Morgan fingerprint density at radius 3 is 1.84 bits per heavy atom. The van der Waals surface area contributed by atoms with Crippen molar-refractivity contribution in [2.45, 2.75) is 64.5 Å². The van der Waals surface area contributed by atoms with Gasteiger partial charge in [-0.2, -0.15) is 21.6 Å². The van der Waals surface area contributed by atoms with Crippen molar-refractivity contribution in [3.63, 3.8) is 0 Å². The second-order valence-electron chi connectivity index (χ2n) is 4.61. The van der Waals surface area contributed by atoms with Gasteiger partial charge in [-0.25, -0.2) is 0 Å². The van der Waals surface area contributed by atoms with Crippen molar-refractivity contribution in [3.8, 4) is 0 Å². The van der Waals surface area contributed by atoms with Crippen LogP contribution in [0.4, 0.5) is 13.2 Å². The number of unbranched alkanes of at least 4 members (excludes halogenated alkanes) is 7. The molecule has 0 aromatic rings. The van der Waals surface area contributed by atoms with Gasteiger partial charge in [0.05, 0.1) is 5.75 Å². The second kappa shape index (κ2) is 9.58. The maximum Gasteiger partial charge on any atom is 0.413 e. The maximum atomic E-state index is 11.8. The van der Waals surface area contributed by atoms with E-state index in [2.05, 4.69) is 11.1 Å². The summed E-state index contributed by atoms with van der Waals surface area (Å²) >= 11 is 0. The third kappa shape index (κ3) is 13.9. The van der Waals surface area contributed by atoms with Gasteiger partial charge in [0.25, 0.3) is 10.1 Å². The van der Waals surface area contributed by atoms with Crippen LogP contribution in [0, 0.1) is 0 Å². The average molecular weight is 304 g/mol. The molecule has 0 bridgehead atoms. The first-order valence-electron chi connectivity index (χ1n) is 6.70. The Balaban J connectivity index is 3.54. The fourth-order valence-corrected chi connectivity index (χ4v) is 2.62.